The molecule has 2 rings (SSSR count). The summed E-state index contributed by atoms with van der Waals surface area (Å²) in [5.41, 5.74) is 5.71. The zero-order valence-electron chi connectivity index (χ0n) is 8.27. The SMILES string of the molecule is Cc1sc2ncc(C)c(=O)n2c1C(N)=O. The molecule has 1 amide bonds. The topological polar surface area (TPSA) is 77.5 Å². The van der Waals surface area contributed by atoms with Crippen molar-refractivity contribution in [3.8, 4) is 0 Å². The van der Waals surface area contributed by atoms with E-state index in [4.69, 9.17) is 5.73 Å². The number of hydrogen-bond acceptors (Lipinski definition) is 4. The maximum atomic E-state index is 11.8. The van der Waals surface area contributed by atoms with Gasteiger partial charge >= 0.3 is 0 Å². The minimum absolute atomic E-state index is 0.233. The van der Waals surface area contributed by atoms with Gasteiger partial charge in [-0.2, -0.15) is 0 Å². The van der Waals surface area contributed by atoms with Crippen molar-refractivity contribution < 1.29 is 4.79 Å². The predicted octanol–water partition coefficient (Wildman–Crippen LogP) is 0.472. The molecule has 0 radical (unpaired) electrons. The third kappa shape index (κ3) is 1.33. The molecule has 78 valence electrons. The Balaban J connectivity index is 3.03. The molecule has 0 bridgehead atoms. The number of carbonyl (C=O) groups excluding carboxylic acids is 1. The van der Waals surface area contributed by atoms with Crippen LogP contribution in [0.2, 0.25) is 0 Å². The Kier molecular flexibility index (Phi) is 2.08. The Morgan fingerprint density at radius 2 is 2.20 bits per heavy atom. The fourth-order valence-electron chi connectivity index (χ4n) is 1.42. The molecule has 15 heavy (non-hydrogen) atoms. The van der Waals surface area contributed by atoms with Gasteiger partial charge in [0.15, 0.2) is 4.96 Å². The molecule has 0 aromatic carbocycles. The van der Waals surface area contributed by atoms with Crippen LogP contribution in [0.15, 0.2) is 11.0 Å². The third-order valence-electron chi connectivity index (χ3n) is 2.14. The summed E-state index contributed by atoms with van der Waals surface area (Å²) in [6.45, 7) is 3.40. The zero-order chi connectivity index (χ0) is 11.2. The van der Waals surface area contributed by atoms with Crippen molar-refractivity contribution in [2.45, 2.75) is 13.8 Å². The molecule has 0 saturated heterocycles. The standard InChI is InChI=1S/C9H9N3O2S/c1-4-3-11-9-12(8(4)14)6(7(10)13)5(2)15-9/h3H,1-2H3,(H2,10,13). The smallest absolute Gasteiger partial charge is 0.266 e. The summed E-state index contributed by atoms with van der Waals surface area (Å²) in [5, 5.41) is 0. The van der Waals surface area contributed by atoms with Crippen molar-refractivity contribution in [2.75, 3.05) is 0 Å². The lowest BCUT2D eigenvalue weighted by atomic mass is 10.3. The first-order chi connectivity index (χ1) is 7.02. The Hall–Kier alpha value is -1.69. The van der Waals surface area contributed by atoms with Crippen LogP contribution in [0.25, 0.3) is 4.96 Å². The van der Waals surface area contributed by atoms with E-state index in [9.17, 15) is 9.59 Å². The number of aromatic nitrogens is 2. The van der Waals surface area contributed by atoms with Gasteiger partial charge in [-0.3, -0.25) is 9.59 Å². The normalized spacial score (nSPS) is 10.8. The van der Waals surface area contributed by atoms with Gasteiger partial charge in [0.2, 0.25) is 0 Å². The van der Waals surface area contributed by atoms with Crippen LogP contribution in [0.4, 0.5) is 0 Å². The first-order valence-corrected chi connectivity index (χ1v) is 5.11. The first kappa shape index (κ1) is 9.85. The highest BCUT2D eigenvalue weighted by Gasteiger charge is 2.16. The van der Waals surface area contributed by atoms with Crippen LogP contribution in [0.5, 0.6) is 0 Å². The molecule has 0 atom stereocenters. The molecule has 0 saturated carbocycles. The fourth-order valence-corrected chi connectivity index (χ4v) is 2.36. The molecular weight excluding hydrogens is 214 g/mol. The van der Waals surface area contributed by atoms with Crippen LogP contribution in [-0.2, 0) is 0 Å². The van der Waals surface area contributed by atoms with E-state index in [0.717, 1.165) is 0 Å². The molecule has 5 nitrogen and oxygen atoms in total. The first-order valence-electron chi connectivity index (χ1n) is 4.30. The summed E-state index contributed by atoms with van der Waals surface area (Å²) in [6, 6.07) is 0. The molecule has 2 aromatic rings. The summed E-state index contributed by atoms with van der Waals surface area (Å²) in [4.78, 5) is 28.3. The van der Waals surface area contributed by atoms with E-state index in [1.54, 1.807) is 13.8 Å². The van der Waals surface area contributed by atoms with E-state index in [-0.39, 0.29) is 11.3 Å². The van der Waals surface area contributed by atoms with Crippen molar-refractivity contribution in [3.63, 3.8) is 0 Å². The maximum absolute atomic E-state index is 11.8. The largest absolute Gasteiger partial charge is 0.364 e. The van der Waals surface area contributed by atoms with Gasteiger partial charge < -0.3 is 5.73 Å². The van der Waals surface area contributed by atoms with Crippen LogP contribution >= 0.6 is 11.3 Å². The third-order valence-corrected chi connectivity index (χ3v) is 3.11. The van der Waals surface area contributed by atoms with E-state index in [2.05, 4.69) is 4.98 Å². The number of fused-ring (bicyclic) bond motifs is 1. The number of amides is 1. The summed E-state index contributed by atoms with van der Waals surface area (Å²) in [5.74, 6) is -0.603. The number of nitrogens with zero attached hydrogens (tertiary/aromatic N) is 2. The second-order valence-electron chi connectivity index (χ2n) is 3.24. The number of hydrogen-bond donors (Lipinski definition) is 1. The van der Waals surface area contributed by atoms with Crippen molar-refractivity contribution in [1.82, 2.24) is 9.38 Å². The van der Waals surface area contributed by atoms with Gasteiger partial charge in [-0.1, -0.05) is 0 Å². The molecule has 2 N–H and O–H groups in total. The average molecular weight is 223 g/mol. The molecular formula is C9H9N3O2S. The Bertz CT molecular complexity index is 612. The van der Waals surface area contributed by atoms with Crippen LogP contribution in [-0.4, -0.2) is 15.3 Å². The number of aryl methyl sites for hydroxylation is 2. The minimum Gasteiger partial charge on any atom is -0.364 e. The van der Waals surface area contributed by atoms with E-state index in [1.165, 1.54) is 21.9 Å². The molecule has 0 unspecified atom stereocenters. The summed E-state index contributed by atoms with van der Waals surface area (Å²) in [7, 11) is 0. The molecule has 0 aliphatic carbocycles. The van der Waals surface area contributed by atoms with Gasteiger partial charge in [0, 0.05) is 16.6 Å². The monoisotopic (exact) mass is 223 g/mol. The lowest BCUT2D eigenvalue weighted by Gasteiger charge is -1.98. The van der Waals surface area contributed by atoms with Crippen molar-refractivity contribution in [3.05, 3.63) is 32.7 Å². The van der Waals surface area contributed by atoms with Crippen molar-refractivity contribution in [1.29, 1.82) is 0 Å². The Labute approximate surface area is 89.2 Å². The van der Waals surface area contributed by atoms with Crippen molar-refractivity contribution >= 4 is 22.2 Å². The molecule has 6 heteroatoms. The Morgan fingerprint density at radius 3 is 2.80 bits per heavy atom. The minimum atomic E-state index is -0.603. The number of carbonyl (C=O) groups is 1. The number of primary amides is 1. The van der Waals surface area contributed by atoms with E-state index in [1.807, 2.05) is 0 Å². The summed E-state index contributed by atoms with van der Waals surface area (Å²) >= 11 is 1.28. The van der Waals surface area contributed by atoms with Crippen LogP contribution in [0, 0.1) is 13.8 Å². The predicted molar refractivity (Wildman–Crippen MR) is 57.3 cm³/mol. The highest BCUT2D eigenvalue weighted by Crippen LogP contribution is 2.18. The van der Waals surface area contributed by atoms with Gasteiger partial charge in [0.1, 0.15) is 5.69 Å². The van der Waals surface area contributed by atoms with E-state index in [0.29, 0.717) is 15.4 Å². The van der Waals surface area contributed by atoms with Crippen LogP contribution < -0.4 is 11.3 Å². The maximum Gasteiger partial charge on any atom is 0.266 e. The summed E-state index contributed by atoms with van der Waals surface area (Å²) in [6.07, 6.45) is 1.50. The van der Waals surface area contributed by atoms with Crippen LogP contribution in [0.1, 0.15) is 20.9 Å². The lowest BCUT2D eigenvalue weighted by Crippen LogP contribution is -2.24. The highest BCUT2D eigenvalue weighted by atomic mass is 32.1. The quantitative estimate of drug-likeness (QED) is 0.763. The molecule has 0 aliphatic rings. The van der Waals surface area contributed by atoms with E-state index < -0.39 is 5.91 Å². The molecule has 2 heterocycles. The average Bonchev–Trinajstić information content (AvgIpc) is 2.49. The van der Waals surface area contributed by atoms with Crippen molar-refractivity contribution in [2.24, 2.45) is 5.73 Å². The lowest BCUT2D eigenvalue weighted by molar-refractivity contribution is 0.0994. The van der Waals surface area contributed by atoms with Gasteiger partial charge in [-0.05, 0) is 13.8 Å². The molecule has 0 fully saturated rings. The Morgan fingerprint density at radius 1 is 1.53 bits per heavy atom. The summed E-state index contributed by atoms with van der Waals surface area (Å²) < 4.78 is 1.28. The fraction of sp³-hybridized carbons (Fsp3) is 0.222. The number of thiazole rings is 1. The second-order valence-corrected chi connectivity index (χ2v) is 4.42. The van der Waals surface area contributed by atoms with Gasteiger partial charge in [-0.15, -0.1) is 11.3 Å². The van der Waals surface area contributed by atoms with Gasteiger partial charge in [-0.25, -0.2) is 9.38 Å². The molecule has 0 spiro atoms. The molecule has 2 aromatic heterocycles. The highest BCUT2D eigenvalue weighted by molar-refractivity contribution is 7.17. The van der Waals surface area contributed by atoms with Gasteiger partial charge in [0.25, 0.3) is 11.5 Å². The zero-order valence-corrected chi connectivity index (χ0v) is 9.09. The van der Waals surface area contributed by atoms with Crippen LogP contribution in [0.3, 0.4) is 0 Å². The number of rotatable bonds is 1. The number of nitrogens with two attached hydrogens (primary N) is 1. The molecule has 0 aliphatic heterocycles. The second kappa shape index (κ2) is 3.16. The van der Waals surface area contributed by atoms with Gasteiger partial charge in [0.05, 0.1) is 0 Å². The van der Waals surface area contributed by atoms with E-state index >= 15 is 0 Å².